The summed E-state index contributed by atoms with van der Waals surface area (Å²) in [6, 6.07) is 12.9. The maximum absolute atomic E-state index is 12.3. The molecule has 0 bridgehead atoms. The first-order valence-corrected chi connectivity index (χ1v) is 10.9. The number of hydrogen-bond donors (Lipinski definition) is 0. The van der Waals surface area contributed by atoms with Crippen LogP contribution in [0, 0.1) is 15.5 Å². The molecule has 1 amide bonds. The van der Waals surface area contributed by atoms with E-state index in [1.807, 2.05) is 30.3 Å². The van der Waals surface area contributed by atoms with Gasteiger partial charge in [0.05, 0.1) is 17.7 Å². The van der Waals surface area contributed by atoms with E-state index < -0.39 is 4.92 Å². The molecule has 0 aromatic heterocycles. The normalized spacial score (nSPS) is 17.2. The first kappa shape index (κ1) is 21.4. The van der Waals surface area contributed by atoms with Crippen molar-refractivity contribution in [1.29, 1.82) is 0 Å². The van der Waals surface area contributed by atoms with Gasteiger partial charge in [0, 0.05) is 48.2 Å². The van der Waals surface area contributed by atoms with E-state index in [0.29, 0.717) is 17.6 Å². The van der Waals surface area contributed by atoms with Crippen LogP contribution in [0.25, 0.3) is 0 Å². The number of amides is 1. The Morgan fingerprint density at radius 3 is 2.48 bits per heavy atom. The zero-order valence-corrected chi connectivity index (χ0v) is 18.8. The molecule has 0 N–H and O–H groups in total. The van der Waals surface area contributed by atoms with Gasteiger partial charge >= 0.3 is 11.8 Å². The van der Waals surface area contributed by atoms with Crippen molar-refractivity contribution in [2.24, 2.45) is 5.41 Å². The Morgan fingerprint density at radius 1 is 1.19 bits per heavy atom. The number of nitro benzene ring substituents is 1. The predicted octanol–water partition coefficient (Wildman–Crippen LogP) is 4.60. The molecule has 8 nitrogen and oxygen atoms in total. The third kappa shape index (κ3) is 4.46. The Bertz CT molecular complexity index is 969. The number of benzene rings is 2. The Morgan fingerprint density at radius 2 is 1.87 bits per heavy atom. The average molecular weight is 490 g/mol. The quantitative estimate of drug-likeness (QED) is 0.450. The van der Waals surface area contributed by atoms with Crippen LogP contribution >= 0.6 is 15.9 Å². The van der Waals surface area contributed by atoms with Gasteiger partial charge in [-0.25, -0.2) is 4.79 Å². The Balaban J connectivity index is 1.32. The zero-order valence-electron chi connectivity index (χ0n) is 17.3. The maximum atomic E-state index is 12.3. The van der Waals surface area contributed by atoms with Crippen molar-refractivity contribution >= 4 is 33.4 Å². The zero-order chi connectivity index (χ0) is 22.0. The summed E-state index contributed by atoms with van der Waals surface area (Å²) in [7, 11) is 1.44. The Hall–Kier alpha value is -2.81. The fraction of sp³-hybridized carbons (Fsp3) is 0.409. The van der Waals surface area contributed by atoms with Gasteiger partial charge in [0.1, 0.15) is 6.61 Å². The van der Waals surface area contributed by atoms with E-state index in [2.05, 4.69) is 20.8 Å². The number of carbonyl (C=O) groups excluding carboxylic acids is 1. The summed E-state index contributed by atoms with van der Waals surface area (Å²) in [6.07, 6.45) is 1.63. The molecule has 0 unspecified atom stereocenters. The van der Waals surface area contributed by atoms with Crippen molar-refractivity contribution in [3.8, 4) is 5.75 Å². The Labute approximate surface area is 189 Å². The molecule has 31 heavy (non-hydrogen) atoms. The SMILES string of the molecule is COc1cc(N2CCC3(CC2)CN(C(=O)OCc2ccccc2)C3)c(Br)cc1[N+](=O)[O-]. The van der Waals surface area contributed by atoms with E-state index in [0.717, 1.165) is 37.2 Å². The summed E-state index contributed by atoms with van der Waals surface area (Å²) in [5.41, 5.74) is 1.93. The van der Waals surface area contributed by atoms with E-state index in [9.17, 15) is 14.9 Å². The van der Waals surface area contributed by atoms with Crippen LogP contribution in [0.15, 0.2) is 46.9 Å². The van der Waals surface area contributed by atoms with Gasteiger partial charge in [0.2, 0.25) is 0 Å². The molecule has 1 spiro atoms. The largest absolute Gasteiger partial charge is 0.490 e. The number of carbonyl (C=O) groups is 1. The minimum atomic E-state index is -0.446. The maximum Gasteiger partial charge on any atom is 0.410 e. The second-order valence-corrected chi connectivity index (χ2v) is 8.97. The van der Waals surface area contributed by atoms with Crippen molar-refractivity contribution in [3.63, 3.8) is 0 Å². The summed E-state index contributed by atoms with van der Waals surface area (Å²) in [5.74, 6) is 0.250. The molecule has 164 valence electrons. The van der Waals surface area contributed by atoms with Crippen LogP contribution < -0.4 is 9.64 Å². The minimum absolute atomic E-state index is 0.0599. The van der Waals surface area contributed by atoms with Crippen LogP contribution in [0.1, 0.15) is 18.4 Å². The van der Waals surface area contributed by atoms with Crippen molar-refractivity contribution in [2.75, 3.05) is 38.2 Å². The number of likely N-dealkylation sites (tertiary alicyclic amines) is 1. The smallest absolute Gasteiger partial charge is 0.410 e. The molecule has 2 aromatic carbocycles. The topological polar surface area (TPSA) is 85.2 Å². The molecule has 4 rings (SSSR count). The fourth-order valence-corrected chi connectivity index (χ4v) is 4.90. The number of nitrogens with zero attached hydrogens (tertiary/aromatic N) is 3. The third-order valence-corrected chi connectivity index (χ3v) is 6.76. The van der Waals surface area contributed by atoms with Crippen molar-refractivity contribution < 1.29 is 19.2 Å². The molecule has 2 aliphatic rings. The van der Waals surface area contributed by atoms with Crippen LogP contribution in [0.3, 0.4) is 0 Å². The van der Waals surface area contributed by atoms with Gasteiger partial charge in [-0.15, -0.1) is 0 Å². The van der Waals surface area contributed by atoms with Crippen molar-refractivity contribution in [3.05, 3.63) is 62.6 Å². The number of rotatable bonds is 5. The van der Waals surface area contributed by atoms with Crippen LogP contribution in [-0.2, 0) is 11.3 Å². The predicted molar refractivity (Wildman–Crippen MR) is 119 cm³/mol. The molecule has 0 radical (unpaired) electrons. The van der Waals surface area contributed by atoms with Crippen molar-refractivity contribution in [1.82, 2.24) is 4.90 Å². The lowest BCUT2D eigenvalue weighted by Gasteiger charge is -2.53. The molecule has 2 saturated heterocycles. The second kappa shape index (κ2) is 8.74. The number of nitro groups is 1. The third-order valence-electron chi connectivity index (χ3n) is 6.13. The highest BCUT2D eigenvalue weighted by Crippen LogP contribution is 2.44. The van der Waals surface area contributed by atoms with Crippen LogP contribution in [-0.4, -0.2) is 49.2 Å². The summed E-state index contributed by atoms with van der Waals surface area (Å²) in [4.78, 5) is 27.1. The molecular weight excluding hydrogens is 466 g/mol. The highest BCUT2D eigenvalue weighted by molar-refractivity contribution is 9.10. The van der Waals surface area contributed by atoms with Gasteiger partial charge in [0.15, 0.2) is 5.75 Å². The average Bonchev–Trinajstić information content (AvgIpc) is 2.76. The van der Waals surface area contributed by atoms with E-state index in [-0.39, 0.29) is 29.6 Å². The molecule has 9 heteroatoms. The summed E-state index contributed by atoms with van der Waals surface area (Å²) >= 11 is 3.47. The van der Waals surface area contributed by atoms with Gasteiger partial charge in [0.25, 0.3) is 0 Å². The summed E-state index contributed by atoms with van der Waals surface area (Å²) in [6.45, 7) is 3.32. The number of piperidine rings is 1. The van der Waals surface area contributed by atoms with Crippen LogP contribution in [0.4, 0.5) is 16.2 Å². The van der Waals surface area contributed by atoms with E-state index in [4.69, 9.17) is 9.47 Å². The van der Waals surface area contributed by atoms with Gasteiger partial charge in [-0.05, 0) is 34.3 Å². The fourth-order valence-electron chi connectivity index (χ4n) is 4.32. The lowest BCUT2D eigenvalue weighted by molar-refractivity contribution is -0.385. The number of hydrogen-bond acceptors (Lipinski definition) is 6. The number of anilines is 1. The monoisotopic (exact) mass is 489 g/mol. The number of methoxy groups -OCH3 is 1. The number of halogens is 1. The van der Waals surface area contributed by atoms with Crippen molar-refractivity contribution in [2.45, 2.75) is 19.4 Å². The van der Waals surface area contributed by atoms with Gasteiger partial charge < -0.3 is 19.3 Å². The summed E-state index contributed by atoms with van der Waals surface area (Å²) < 4.78 is 11.3. The van der Waals surface area contributed by atoms with E-state index >= 15 is 0 Å². The van der Waals surface area contributed by atoms with Gasteiger partial charge in [-0.2, -0.15) is 0 Å². The Kier molecular flexibility index (Phi) is 6.04. The second-order valence-electron chi connectivity index (χ2n) is 8.12. The number of ether oxygens (including phenoxy) is 2. The molecule has 0 atom stereocenters. The minimum Gasteiger partial charge on any atom is -0.490 e. The van der Waals surface area contributed by atoms with E-state index in [1.54, 1.807) is 11.0 Å². The van der Waals surface area contributed by atoms with Crippen LogP contribution in [0.2, 0.25) is 0 Å². The molecule has 2 aliphatic heterocycles. The summed E-state index contributed by atoms with van der Waals surface area (Å²) in [5, 5.41) is 11.2. The first-order valence-electron chi connectivity index (χ1n) is 10.1. The van der Waals surface area contributed by atoms with Crippen LogP contribution in [0.5, 0.6) is 5.75 Å². The molecule has 2 heterocycles. The highest BCUT2D eigenvalue weighted by Gasteiger charge is 2.47. The molecule has 0 saturated carbocycles. The lowest BCUT2D eigenvalue weighted by atomic mass is 9.72. The lowest BCUT2D eigenvalue weighted by Crippen LogP contribution is -2.62. The highest BCUT2D eigenvalue weighted by atomic mass is 79.9. The first-order chi connectivity index (χ1) is 14.9. The van der Waals surface area contributed by atoms with Gasteiger partial charge in [-0.3, -0.25) is 10.1 Å². The molecule has 2 aromatic rings. The molecular formula is C22H24BrN3O5. The molecule has 0 aliphatic carbocycles. The van der Waals surface area contributed by atoms with Gasteiger partial charge in [-0.1, -0.05) is 30.3 Å². The molecule has 2 fully saturated rings. The standard InChI is InChI=1S/C22H24BrN3O5/c1-30-20-12-18(17(23)11-19(20)26(28)29)24-9-7-22(8-10-24)14-25(15-22)21(27)31-13-16-5-3-2-4-6-16/h2-6,11-12H,7-10,13-15H2,1H3. The van der Waals surface area contributed by atoms with E-state index in [1.165, 1.54) is 13.2 Å².